The summed E-state index contributed by atoms with van der Waals surface area (Å²) in [4.78, 5) is 24.7. The molecule has 4 saturated carbocycles. The Morgan fingerprint density at radius 3 is 2.45 bits per heavy atom. The highest BCUT2D eigenvalue weighted by Crippen LogP contribution is 2.75. The average Bonchev–Trinajstić information content (AvgIpc) is 3.34. The highest BCUT2D eigenvalue weighted by molar-refractivity contribution is 5.87. The van der Waals surface area contributed by atoms with Crippen molar-refractivity contribution in [3.05, 3.63) is 18.0 Å². The van der Waals surface area contributed by atoms with Gasteiger partial charge in [-0.2, -0.15) is 5.10 Å². The Hall–Kier alpha value is -1.65. The number of carbonyl (C=O) groups excluding carboxylic acids is 1. The van der Waals surface area contributed by atoms with Crippen LogP contribution in [0, 0.1) is 45.3 Å². The molecule has 4 aliphatic carbocycles. The third kappa shape index (κ3) is 3.20. The van der Waals surface area contributed by atoms with Gasteiger partial charge < -0.3 is 5.11 Å². The first kappa shape index (κ1) is 23.1. The minimum absolute atomic E-state index is 0.0528. The SMILES string of the molecule is C[C@H]1CC[C@]2(C)C3CC[C@@]4(C)C(CC[C@@H]4C(=O)Cn4cc(C(=O)O)cn4)[C@]3(C)CC[C@]2(C)C1. The van der Waals surface area contributed by atoms with E-state index < -0.39 is 5.97 Å². The molecular formula is C28H42N2O3. The van der Waals surface area contributed by atoms with Gasteiger partial charge in [0.15, 0.2) is 5.78 Å². The lowest BCUT2D eigenvalue weighted by Gasteiger charge is -2.69. The topological polar surface area (TPSA) is 72.2 Å². The number of aromatic nitrogens is 2. The summed E-state index contributed by atoms with van der Waals surface area (Å²) < 4.78 is 1.52. The van der Waals surface area contributed by atoms with E-state index in [1.807, 2.05) is 0 Å². The highest BCUT2D eigenvalue weighted by Gasteiger charge is 2.67. The number of ketones is 1. The fraction of sp³-hybridized carbons (Fsp3) is 0.821. The van der Waals surface area contributed by atoms with E-state index in [0.29, 0.717) is 22.2 Å². The van der Waals surface area contributed by atoms with E-state index in [2.05, 4.69) is 39.7 Å². The fourth-order valence-electron chi connectivity index (χ4n) is 9.93. The molecule has 8 atom stereocenters. The van der Waals surface area contributed by atoms with E-state index in [0.717, 1.165) is 31.1 Å². The first-order valence-corrected chi connectivity index (χ1v) is 13.2. The molecule has 182 valence electrons. The van der Waals surface area contributed by atoms with Gasteiger partial charge >= 0.3 is 5.97 Å². The Balaban J connectivity index is 1.39. The molecule has 4 fully saturated rings. The minimum Gasteiger partial charge on any atom is -0.478 e. The second kappa shape index (κ2) is 7.42. The summed E-state index contributed by atoms with van der Waals surface area (Å²) >= 11 is 0. The number of hydrogen-bond acceptors (Lipinski definition) is 3. The zero-order valence-corrected chi connectivity index (χ0v) is 21.2. The van der Waals surface area contributed by atoms with Crippen molar-refractivity contribution < 1.29 is 14.7 Å². The number of carboxylic acid groups (broad SMARTS) is 1. The Morgan fingerprint density at radius 1 is 1.00 bits per heavy atom. The van der Waals surface area contributed by atoms with Crippen LogP contribution in [0.5, 0.6) is 0 Å². The van der Waals surface area contributed by atoms with Crippen molar-refractivity contribution in [3.8, 4) is 0 Å². The minimum atomic E-state index is -0.997. The summed E-state index contributed by atoms with van der Waals surface area (Å²) in [5.74, 6) is 1.50. The summed E-state index contributed by atoms with van der Waals surface area (Å²) in [6.45, 7) is 12.8. The van der Waals surface area contributed by atoms with Gasteiger partial charge in [0.25, 0.3) is 0 Å². The second-order valence-electron chi connectivity index (χ2n) is 13.3. The Morgan fingerprint density at radius 2 is 1.76 bits per heavy atom. The van der Waals surface area contributed by atoms with Crippen molar-refractivity contribution in [3.63, 3.8) is 0 Å². The molecule has 33 heavy (non-hydrogen) atoms. The van der Waals surface area contributed by atoms with E-state index in [-0.39, 0.29) is 29.2 Å². The van der Waals surface area contributed by atoms with Crippen molar-refractivity contribution >= 4 is 11.8 Å². The molecule has 5 nitrogen and oxygen atoms in total. The second-order valence-corrected chi connectivity index (χ2v) is 13.3. The molecule has 1 aromatic rings. The summed E-state index contributed by atoms with van der Waals surface area (Å²) in [5.41, 5.74) is 1.39. The van der Waals surface area contributed by atoms with Crippen LogP contribution in [0.1, 0.15) is 103 Å². The van der Waals surface area contributed by atoms with Gasteiger partial charge in [-0.25, -0.2) is 4.79 Å². The number of nitrogens with zero attached hydrogens (tertiary/aromatic N) is 2. The Labute approximate surface area is 198 Å². The maximum absolute atomic E-state index is 13.5. The van der Waals surface area contributed by atoms with Crippen LogP contribution in [0.4, 0.5) is 0 Å². The van der Waals surface area contributed by atoms with E-state index >= 15 is 0 Å². The molecule has 0 bridgehead atoms. The van der Waals surface area contributed by atoms with Crippen molar-refractivity contribution in [1.29, 1.82) is 0 Å². The van der Waals surface area contributed by atoms with Gasteiger partial charge in [-0.15, -0.1) is 0 Å². The molecule has 0 radical (unpaired) electrons. The van der Waals surface area contributed by atoms with Crippen LogP contribution >= 0.6 is 0 Å². The lowest BCUT2D eigenvalue weighted by Crippen LogP contribution is -2.62. The first-order valence-electron chi connectivity index (χ1n) is 13.2. The number of carboxylic acids is 1. The van der Waals surface area contributed by atoms with Crippen molar-refractivity contribution in [1.82, 2.24) is 9.78 Å². The molecule has 0 amide bonds. The van der Waals surface area contributed by atoms with Gasteiger partial charge in [0, 0.05) is 12.1 Å². The standard InChI is InChI=1S/C28H42N2O3/c1-18-8-11-28(5)23-9-10-26(3)20(21(31)17-30-16-19(15-29-30)24(32)33)6-7-22(26)27(23,4)13-12-25(28,2)14-18/h15-16,18,20,22-23H,6-14,17H2,1-5H3,(H,32,33)/t18-,20+,22?,23?,25+,26+,27-,28+/m0/s1. The Bertz CT molecular complexity index is 970. The summed E-state index contributed by atoms with van der Waals surface area (Å²) in [5, 5.41) is 13.3. The van der Waals surface area contributed by atoms with Crippen molar-refractivity contribution in [2.45, 2.75) is 99.0 Å². The molecule has 5 rings (SSSR count). The van der Waals surface area contributed by atoms with Gasteiger partial charge in [0.05, 0.1) is 18.3 Å². The molecule has 4 aliphatic rings. The largest absolute Gasteiger partial charge is 0.478 e. The number of fused-ring (bicyclic) bond motifs is 5. The lowest BCUT2D eigenvalue weighted by atomic mass is 9.35. The van der Waals surface area contributed by atoms with E-state index in [9.17, 15) is 14.7 Å². The smallest absolute Gasteiger partial charge is 0.338 e. The average molecular weight is 455 g/mol. The fourth-order valence-corrected chi connectivity index (χ4v) is 9.93. The molecule has 0 spiro atoms. The molecule has 0 aliphatic heterocycles. The maximum Gasteiger partial charge on any atom is 0.338 e. The quantitative estimate of drug-likeness (QED) is 0.586. The van der Waals surface area contributed by atoms with E-state index in [1.165, 1.54) is 55.6 Å². The van der Waals surface area contributed by atoms with E-state index in [4.69, 9.17) is 0 Å². The number of Topliss-reactive ketones (excluding diaryl/α,β-unsaturated/α-hetero) is 1. The number of rotatable bonds is 4. The van der Waals surface area contributed by atoms with Gasteiger partial charge in [0.2, 0.25) is 0 Å². The van der Waals surface area contributed by atoms with E-state index in [1.54, 1.807) is 0 Å². The van der Waals surface area contributed by atoms with Crippen LogP contribution < -0.4 is 0 Å². The predicted molar refractivity (Wildman–Crippen MR) is 128 cm³/mol. The molecule has 0 saturated heterocycles. The van der Waals surface area contributed by atoms with Crippen molar-refractivity contribution in [2.24, 2.45) is 45.3 Å². The number of aromatic carboxylic acids is 1. The first-order chi connectivity index (χ1) is 15.4. The van der Waals surface area contributed by atoms with Gasteiger partial charge in [-0.05, 0) is 90.8 Å². The summed E-state index contributed by atoms with van der Waals surface area (Å²) in [6.07, 6.45) is 14.1. The molecule has 1 N–H and O–H groups in total. The molecule has 1 heterocycles. The number of carbonyl (C=O) groups is 2. The summed E-state index contributed by atoms with van der Waals surface area (Å²) in [7, 11) is 0. The zero-order valence-electron chi connectivity index (χ0n) is 21.2. The van der Waals surface area contributed by atoms with Crippen molar-refractivity contribution in [2.75, 3.05) is 0 Å². The molecule has 2 unspecified atom stereocenters. The monoisotopic (exact) mass is 454 g/mol. The Kier molecular flexibility index (Phi) is 5.20. The molecular weight excluding hydrogens is 412 g/mol. The van der Waals surface area contributed by atoms with Crippen LogP contribution in [0.3, 0.4) is 0 Å². The summed E-state index contributed by atoms with van der Waals surface area (Å²) in [6, 6.07) is 0. The highest BCUT2D eigenvalue weighted by atomic mass is 16.4. The predicted octanol–water partition coefficient (Wildman–Crippen LogP) is 6.23. The van der Waals surface area contributed by atoms with Crippen LogP contribution in [-0.4, -0.2) is 26.6 Å². The number of hydrogen-bond donors (Lipinski definition) is 1. The van der Waals surface area contributed by atoms with Gasteiger partial charge in [-0.1, -0.05) is 41.0 Å². The van der Waals surface area contributed by atoms with Gasteiger partial charge in [0.1, 0.15) is 0 Å². The maximum atomic E-state index is 13.5. The molecule has 1 aromatic heterocycles. The van der Waals surface area contributed by atoms with Gasteiger partial charge in [-0.3, -0.25) is 9.48 Å². The van der Waals surface area contributed by atoms with Crippen LogP contribution in [0.2, 0.25) is 0 Å². The van der Waals surface area contributed by atoms with Crippen LogP contribution in [0.15, 0.2) is 12.4 Å². The third-order valence-electron chi connectivity index (χ3n) is 11.8. The molecule has 0 aromatic carbocycles. The lowest BCUT2D eigenvalue weighted by molar-refractivity contribution is -0.202. The normalized spacial score (nSPS) is 46.8. The van der Waals surface area contributed by atoms with Crippen LogP contribution in [-0.2, 0) is 11.3 Å². The van der Waals surface area contributed by atoms with Crippen LogP contribution in [0.25, 0.3) is 0 Å². The zero-order chi connectivity index (χ0) is 23.8. The third-order valence-corrected chi connectivity index (χ3v) is 11.8. The molecule has 5 heteroatoms.